The zero-order valence-corrected chi connectivity index (χ0v) is 18.9. The molecule has 32 heavy (non-hydrogen) atoms. The summed E-state index contributed by atoms with van der Waals surface area (Å²) in [5.74, 6) is 1.01. The van der Waals surface area contributed by atoms with Crippen molar-refractivity contribution >= 4 is 11.5 Å². The summed E-state index contributed by atoms with van der Waals surface area (Å²) in [4.78, 5) is 13.9. The monoisotopic (exact) mass is 433 g/mol. The molecule has 0 aliphatic carbocycles. The van der Waals surface area contributed by atoms with Gasteiger partial charge in [-0.15, -0.1) is 5.10 Å². The van der Waals surface area contributed by atoms with E-state index in [0.717, 1.165) is 60.9 Å². The summed E-state index contributed by atoms with van der Waals surface area (Å²) in [6.07, 6.45) is 11.4. The molecule has 2 saturated heterocycles. The number of anilines is 2. The van der Waals surface area contributed by atoms with Gasteiger partial charge in [-0.3, -0.25) is 4.98 Å². The van der Waals surface area contributed by atoms with Gasteiger partial charge in [0.25, 0.3) is 0 Å². The zero-order chi connectivity index (χ0) is 22.0. The first-order valence-electron chi connectivity index (χ1n) is 11.7. The molecule has 8 nitrogen and oxygen atoms in total. The lowest BCUT2D eigenvalue weighted by atomic mass is 9.89. The predicted molar refractivity (Wildman–Crippen MR) is 125 cm³/mol. The Labute approximate surface area is 189 Å². The highest BCUT2D eigenvalue weighted by molar-refractivity contribution is 5.63. The van der Waals surface area contributed by atoms with Gasteiger partial charge in [0.05, 0.1) is 31.3 Å². The molecule has 0 bridgehead atoms. The zero-order valence-electron chi connectivity index (χ0n) is 18.9. The molecule has 3 aromatic rings. The molecule has 5 rings (SSSR count). The lowest BCUT2D eigenvalue weighted by Crippen LogP contribution is -2.53. The first-order valence-corrected chi connectivity index (χ1v) is 11.7. The molecular formula is C24H31N7O. The van der Waals surface area contributed by atoms with Crippen LogP contribution < -0.4 is 9.80 Å². The van der Waals surface area contributed by atoms with Crippen LogP contribution in [0.15, 0.2) is 43.0 Å². The maximum atomic E-state index is 5.64. The van der Waals surface area contributed by atoms with E-state index in [9.17, 15) is 0 Å². The second-order valence-electron chi connectivity index (χ2n) is 8.68. The predicted octanol–water partition coefficient (Wildman–Crippen LogP) is 3.35. The normalized spacial score (nSPS) is 17.4. The van der Waals surface area contributed by atoms with Gasteiger partial charge in [0.15, 0.2) is 0 Å². The van der Waals surface area contributed by atoms with Crippen molar-refractivity contribution < 1.29 is 4.74 Å². The first-order chi connectivity index (χ1) is 15.7. The third-order valence-electron chi connectivity index (χ3n) is 6.59. The molecule has 0 spiro atoms. The number of ether oxygens (including phenoxy) is 1. The molecule has 0 amide bonds. The Morgan fingerprint density at radius 2 is 1.94 bits per heavy atom. The maximum Gasteiger partial charge on any atom is 0.137 e. The van der Waals surface area contributed by atoms with Gasteiger partial charge in [0.2, 0.25) is 0 Å². The average molecular weight is 434 g/mol. The van der Waals surface area contributed by atoms with Crippen molar-refractivity contribution in [2.45, 2.75) is 38.6 Å². The summed E-state index contributed by atoms with van der Waals surface area (Å²) in [6, 6.07) is 6.43. The average Bonchev–Trinajstić information content (AvgIpc) is 3.51. The molecule has 0 N–H and O–H groups in total. The van der Waals surface area contributed by atoms with Crippen molar-refractivity contribution in [1.82, 2.24) is 25.0 Å². The summed E-state index contributed by atoms with van der Waals surface area (Å²) >= 11 is 0. The van der Waals surface area contributed by atoms with Crippen LogP contribution in [-0.4, -0.2) is 64.4 Å². The van der Waals surface area contributed by atoms with Crippen LogP contribution in [0.3, 0.4) is 0 Å². The van der Waals surface area contributed by atoms with Gasteiger partial charge in [-0.05, 0) is 38.3 Å². The Kier molecular flexibility index (Phi) is 5.78. The standard InChI is InChI=1S/C24H31N7O/c1-3-9-29(4-2)23-8-7-20(14-26-23)24(17-32-18-24)31-16-22(27-28-31)19-12-21(15-25-13-19)30-10-5-6-11-30/h7-8,12-16H,3-6,9-11,17-18H2,1-2H3. The fourth-order valence-corrected chi connectivity index (χ4v) is 4.60. The fourth-order valence-electron chi connectivity index (χ4n) is 4.60. The van der Waals surface area contributed by atoms with E-state index in [1.807, 2.05) is 29.5 Å². The Hall–Kier alpha value is -3.00. The van der Waals surface area contributed by atoms with Gasteiger partial charge in [0, 0.05) is 49.7 Å². The van der Waals surface area contributed by atoms with E-state index >= 15 is 0 Å². The number of aromatic nitrogens is 5. The Morgan fingerprint density at radius 3 is 2.59 bits per heavy atom. The van der Waals surface area contributed by atoms with Crippen molar-refractivity contribution in [3.63, 3.8) is 0 Å². The molecule has 2 aliphatic rings. The van der Waals surface area contributed by atoms with Crippen molar-refractivity contribution in [2.75, 3.05) is 49.2 Å². The quantitative estimate of drug-likeness (QED) is 0.539. The lowest BCUT2D eigenvalue weighted by molar-refractivity contribution is -0.0831. The van der Waals surface area contributed by atoms with Gasteiger partial charge in [-0.1, -0.05) is 18.2 Å². The van der Waals surface area contributed by atoms with E-state index in [1.165, 1.54) is 12.8 Å². The third-order valence-corrected chi connectivity index (χ3v) is 6.59. The van der Waals surface area contributed by atoms with Gasteiger partial charge >= 0.3 is 0 Å². The number of hydrogen-bond acceptors (Lipinski definition) is 7. The maximum absolute atomic E-state index is 5.64. The number of nitrogens with zero attached hydrogens (tertiary/aromatic N) is 7. The van der Waals surface area contributed by atoms with E-state index in [1.54, 1.807) is 0 Å². The summed E-state index contributed by atoms with van der Waals surface area (Å²) < 4.78 is 7.58. The number of pyridine rings is 2. The minimum absolute atomic E-state index is 0.363. The van der Waals surface area contributed by atoms with Crippen LogP contribution in [0.2, 0.25) is 0 Å². The van der Waals surface area contributed by atoms with Gasteiger partial charge < -0.3 is 14.5 Å². The highest BCUT2D eigenvalue weighted by Gasteiger charge is 2.44. The third kappa shape index (κ3) is 3.72. The Bertz CT molecular complexity index is 1040. The number of rotatable bonds is 8. The van der Waals surface area contributed by atoms with Crippen LogP contribution >= 0.6 is 0 Å². The second kappa shape index (κ2) is 8.86. The van der Waals surface area contributed by atoms with Crippen molar-refractivity contribution in [3.8, 4) is 11.3 Å². The topological polar surface area (TPSA) is 72.2 Å². The molecule has 5 heterocycles. The van der Waals surface area contributed by atoms with Crippen LogP contribution in [0, 0.1) is 0 Å². The molecule has 0 saturated carbocycles. The Morgan fingerprint density at radius 1 is 1.09 bits per heavy atom. The van der Waals surface area contributed by atoms with E-state index in [4.69, 9.17) is 9.72 Å². The van der Waals surface area contributed by atoms with Gasteiger partial charge in [-0.25, -0.2) is 9.67 Å². The molecule has 0 atom stereocenters. The lowest BCUT2D eigenvalue weighted by Gasteiger charge is -2.41. The second-order valence-corrected chi connectivity index (χ2v) is 8.68. The molecule has 0 unspecified atom stereocenters. The Balaban J connectivity index is 1.40. The highest BCUT2D eigenvalue weighted by atomic mass is 16.5. The smallest absolute Gasteiger partial charge is 0.137 e. The van der Waals surface area contributed by atoms with Crippen molar-refractivity contribution in [3.05, 3.63) is 48.5 Å². The van der Waals surface area contributed by atoms with Crippen LogP contribution in [0.1, 0.15) is 38.7 Å². The van der Waals surface area contributed by atoms with Crippen molar-refractivity contribution in [1.29, 1.82) is 0 Å². The minimum atomic E-state index is -0.363. The van der Waals surface area contributed by atoms with Crippen LogP contribution in [0.5, 0.6) is 0 Å². The van der Waals surface area contributed by atoms with Crippen molar-refractivity contribution in [2.24, 2.45) is 0 Å². The van der Waals surface area contributed by atoms with Crippen LogP contribution in [0.25, 0.3) is 11.3 Å². The number of hydrogen-bond donors (Lipinski definition) is 0. The molecule has 168 valence electrons. The van der Waals surface area contributed by atoms with Gasteiger partial charge in [-0.2, -0.15) is 0 Å². The fraction of sp³-hybridized carbons (Fsp3) is 0.500. The molecule has 3 aromatic heterocycles. The van der Waals surface area contributed by atoms with E-state index in [-0.39, 0.29) is 5.54 Å². The summed E-state index contributed by atoms with van der Waals surface area (Å²) in [7, 11) is 0. The van der Waals surface area contributed by atoms with Crippen LogP contribution in [0.4, 0.5) is 11.5 Å². The molecule has 2 fully saturated rings. The molecular weight excluding hydrogens is 402 g/mol. The molecule has 0 aromatic carbocycles. The first kappa shape index (κ1) is 20.9. The van der Waals surface area contributed by atoms with Crippen LogP contribution in [-0.2, 0) is 10.3 Å². The van der Waals surface area contributed by atoms with Gasteiger partial charge in [0.1, 0.15) is 17.1 Å². The minimum Gasteiger partial charge on any atom is -0.375 e. The van der Waals surface area contributed by atoms with E-state index in [2.05, 4.69) is 57.1 Å². The van der Waals surface area contributed by atoms with E-state index in [0.29, 0.717) is 13.2 Å². The van der Waals surface area contributed by atoms with E-state index < -0.39 is 0 Å². The highest BCUT2D eigenvalue weighted by Crippen LogP contribution is 2.35. The summed E-state index contributed by atoms with van der Waals surface area (Å²) in [6.45, 7) is 9.63. The summed E-state index contributed by atoms with van der Waals surface area (Å²) in [5, 5.41) is 8.98. The largest absolute Gasteiger partial charge is 0.375 e. The SMILES string of the molecule is CCCN(CC)c1ccc(C2(n3cc(-c4cncc(N5CCCC5)c4)nn3)COC2)cn1. The molecule has 2 aliphatic heterocycles. The summed E-state index contributed by atoms with van der Waals surface area (Å²) in [5.41, 5.74) is 3.71. The molecule has 0 radical (unpaired) electrons. The molecule has 8 heteroatoms.